The molecule has 2 heterocycles. The summed E-state index contributed by atoms with van der Waals surface area (Å²) in [7, 11) is 0. The number of nitrogens with one attached hydrogen (secondary N) is 1. The van der Waals surface area contributed by atoms with Crippen LogP contribution >= 0.6 is 11.6 Å². The highest BCUT2D eigenvalue weighted by Crippen LogP contribution is 2.59. The second-order valence-electron chi connectivity index (χ2n) is 13.8. The predicted octanol–water partition coefficient (Wildman–Crippen LogP) is 8.52. The Morgan fingerprint density at radius 1 is 1.15 bits per heavy atom. The number of carboxylic acid groups (broad SMARTS) is 1. The van der Waals surface area contributed by atoms with Gasteiger partial charge in [0.25, 0.3) is 0 Å². The van der Waals surface area contributed by atoms with E-state index in [0.29, 0.717) is 55.3 Å². The minimum atomic E-state index is -3.70. The Hall–Kier alpha value is -3.59. The van der Waals surface area contributed by atoms with Crippen molar-refractivity contribution in [2.75, 3.05) is 11.9 Å². The van der Waals surface area contributed by atoms with E-state index in [1.807, 2.05) is 18.3 Å². The topological polar surface area (TPSA) is 89.9 Å². The van der Waals surface area contributed by atoms with Gasteiger partial charge in [-0.3, -0.25) is 4.98 Å². The van der Waals surface area contributed by atoms with Gasteiger partial charge in [0, 0.05) is 28.2 Å². The lowest BCUT2D eigenvalue weighted by atomic mass is 9.59. The molecule has 0 radical (unpaired) electrons. The summed E-state index contributed by atoms with van der Waals surface area (Å²) >= 11 is 6.21. The second kappa shape index (κ2) is 11.6. The highest BCUT2D eigenvalue weighted by atomic mass is 35.5. The van der Waals surface area contributed by atoms with Crippen LogP contribution in [0.2, 0.25) is 5.02 Å². The molecule has 0 saturated heterocycles. The van der Waals surface area contributed by atoms with E-state index in [-0.39, 0.29) is 23.3 Å². The zero-order chi connectivity index (χ0) is 32.3. The largest absolute Gasteiger partial charge is 0.586 e. The normalized spacial score (nSPS) is 27.9. The smallest absolute Gasteiger partial charge is 0.493 e. The number of hydrogen-bond donors (Lipinski definition) is 2. The molecule has 0 unspecified atom stereocenters. The molecule has 3 atom stereocenters. The van der Waals surface area contributed by atoms with Crippen LogP contribution in [0.4, 0.5) is 14.5 Å². The Morgan fingerprint density at radius 3 is 2.65 bits per heavy atom. The van der Waals surface area contributed by atoms with E-state index in [1.54, 1.807) is 30.3 Å². The number of anilines is 1. The van der Waals surface area contributed by atoms with Crippen LogP contribution in [0.25, 0.3) is 0 Å². The lowest BCUT2D eigenvalue weighted by Gasteiger charge is -2.47. The molecular formula is C36H39ClF2N2O5. The van der Waals surface area contributed by atoms with Crippen molar-refractivity contribution in [1.82, 2.24) is 4.98 Å². The Labute approximate surface area is 272 Å². The quantitative estimate of drug-likeness (QED) is 0.252. The van der Waals surface area contributed by atoms with Crippen molar-refractivity contribution in [3.8, 4) is 17.2 Å². The van der Waals surface area contributed by atoms with Gasteiger partial charge in [0.05, 0.1) is 6.61 Å². The van der Waals surface area contributed by atoms with E-state index in [9.17, 15) is 18.7 Å². The fourth-order valence-corrected chi connectivity index (χ4v) is 8.74. The van der Waals surface area contributed by atoms with Crippen molar-refractivity contribution in [2.24, 2.45) is 11.8 Å². The number of fused-ring (bicyclic) bond motifs is 4. The first-order chi connectivity index (χ1) is 22.0. The average molecular weight is 653 g/mol. The van der Waals surface area contributed by atoms with Gasteiger partial charge in [-0.25, -0.2) is 4.79 Å². The Balaban J connectivity index is 1.15. The SMILES string of the molecule is C[C@@H](COc1ccnc2c1[C@H](C)CCC2)C[C@H]1Cc2cc3c(cc2C12CCC(Nc1cccc(Cl)c1)(C(=O)O)CC2)OC(F)(F)O3. The molecule has 46 heavy (non-hydrogen) atoms. The summed E-state index contributed by atoms with van der Waals surface area (Å²) in [6.07, 6.45) is 4.76. The summed E-state index contributed by atoms with van der Waals surface area (Å²) in [4.78, 5) is 17.4. The fraction of sp³-hybridized carbons (Fsp3) is 0.500. The predicted molar refractivity (Wildman–Crippen MR) is 170 cm³/mol. The van der Waals surface area contributed by atoms with Gasteiger partial charge in [0.1, 0.15) is 11.3 Å². The number of pyridine rings is 1. The van der Waals surface area contributed by atoms with E-state index in [0.717, 1.165) is 48.3 Å². The third kappa shape index (κ3) is 5.54. The summed E-state index contributed by atoms with van der Waals surface area (Å²) in [5.41, 5.74) is 3.34. The molecule has 1 fully saturated rings. The van der Waals surface area contributed by atoms with Gasteiger partial charge in [0.15, 0.2) is 11.5 Å². The van der Waals surface area contributed by atoms with Crippen LogP contribution in [0.1, 0.15) is 87.1 Å². The zero-order valence-corrected chi connectivity index (χ0v) is 26.8. The standard InChI is InChI=1S/C36H39ClF2N2O5/c1-21(20-44-29-9-14-40-28-8-3-5-22(2)32(28)29)15-24-16-23-17-30-31(46-36(38,39)45-30)19-27(23)34(24)10-12-35(13-11-34,33(42)43)41-26-7-4-6-25(37)18-26/h4,6-7,9,14,17-19,21-22,24,41H,3,5,8,10-13,15-16,20H2,1-2H3,(H,42,43)/t21-,22-,24+,34?,35?/m1/s1. The number of nitrogens with zero attached hydrogens (tertiary/aromatic N) is 1. The number of alkyl halides is 2. The number of benzene rings is 2. The lowest BCUT2D eigenvalue weighted by Crippen LogP contribution is -2.53. The molecule has 4 aliphatic rings. The summed E-state index contributed by atoms with van der Waals surface area (Å²) < 4.78 is 44.2. The molecule has 0 bridgehead atoms. The molecule has 244 valence electrons. The number of aryl methyl sites for hydroxylation is 1. The molecule has 1 aliphatic heterocycles. The first-order valence-electron chi connectivity index (χ1n) is 16.3. The summed E-state index contributed by atoms with van der Waals surface area (Å²) in [5.74, 6) is 0.835. The number of halogens is 3. The van der Waals surface area contributed by atoms with Gasteiger partial charge < -0.3 is 24.6 Å². The van der Waals surface area contributed by atoms with Crippen molar-refractivity contribution in [3.05, 3.63) is 76.1 Å². The van der Waals surface area contributed by atoms with Crippen LogP contribution < -0.4 is 19.5 Å². The molecule has 3 aromatic rings. The summed E-state index contributed by atoms with van der Waals surface area (Å²) in [5, 5.41) is 14.3. The summed E-state index contributed by atoms with van der Waals surface area (Å²) in [6, 6.07) is 12.5. The van der Waals surface area contributed by atoms with E-state index in [2.05, 4.69) is 24.1 Å². The molecule has 7 rings (SSSR count). The maximum Gasteiger partial charge on any atom is 0.586 e. The second-order valence-corrected chi connectivity index (χ2v) is 14.3. The Kier molecular flexibility index (Phi) is 7.81. The maximum absolute atomic E-state index is 14.0. The van der Waals surface area contributed by atoms with Gasteiger partial charge in [-0.15, -0.1) is 8.78 Å². The van der Waals surface area contributed by atoms with E-state index in [1.165, 1.54) is 5.56 Å². The van der Waals surface area contributed by atoms with Gasteiger partial charge in [-0.1, -0.05) is 31.5 Å². The van der Waals surface area contributed by atoms with Gasteiger partial charge in [0.2, 0.25) is 0 Å². The lowest BCUT2D eigenvalue weighted by molar-refractivity contribution is -0.286. The van der Waals surface area contributed by atoms with Crippen molar-refractivity contribution in [3.63, 3.8) is 0 Å². The van der Waals surface area contributed by atoms with Crippen molar-refractivity contribution in [2.45, 2.75) is 94.8 Å². The Morgan fingerprint density at radius 2 is 1.91 bits per heavy atom. The molecular weight excluding hydrogens is 614 g/mol. The maximum atomic E-state index is 14.0. The highest BCUT2D eigenvalue weighted by Gasteiger charge is 2.55. The molecule has 1 spiro atoms. The van der Waals surface area contributed by atoms with Crippen LogP contribution in [0, 0.1) is 11.8 Å². The van der Waals surface area contributed by atoms with Crippen LogP contribution in [0.5, 0.6) is 17.2 Å². The van der Waals surface area contributed by atoms with Gasteiger partial charge in [-0.2, -0.15) is 0 Å². The average Bonchev–Trinajstić information content (AvgIpc) is 3.46. The summed E-state index contributed by atoms with van der Waals surface area (Å²) in [6.45, 7) is 4.96. The molecule has 1 saturated carbocycles. The number of ether oxygens (including phenoxy) is 3. The number of aromatic nitrogens is 1. The zero-order valence-electron chi connectivity index (χ0n) is 26.1. The van der Waals surface area contributed by atoms with Crippen molar-refractivity contribution in [1.29, 1.82) is 0 Å². The third-order valence-electron chi connectivity index (χ3n) is 10.8. The fourth-order valence-electron chi connectivity index (χ4n) is 8.55. The van der Waals surface area contributed by atoms with Gasteiger partial charge in [-0.05, 0) is 128 Å². The number of hydrogen-bond acceptors (Lipinski definition) is 6. The number of aliphatic carboxylic acids is 1. The Bertz CT molecular complexity index is 1660. The molecule has 0 amide bonds. The van der Waals surface area contributed by atoms with Crippen LogP contribution in [-0.2, 0) is 23.1 Å². The van der Waals surface area contributed by atoms with E-state index in [4.69, 9.17) is 25.8 Å². The molecule has 2 N–H and O–H groups in total. The van der Waals surface area contributed by atoms with Crippen LogP contribution in [0.3, 0.4) is 0 Å². The first-order valence-corrected chi connectivity index (χ1v) is 16.7. The van der Waals surface area contributed by atoms with Gasteiger partial charge >= 0.3 is 12.3 Å². The third-order valence-corrected chi connectivity index (χ3v) is 11.0. The minimum Gasteiger partial charge on any atom is -0.493 e. The van der Waals surface area contributed by atoms with Crippen molar-refractivity contribution >= 4 is 23.3 Å². The minimum absolute atomic E-state index is 0.0314. The molecule has 1 aromatic heterocycles. The van der Waals surface area contributed by atoms with E-state index < -0.39 is 23.2 Å². The van der Waals surface area contributed by atoms with Crippen LogP contribution in [0.15, 0.2) is 48.7 Å². The number of carboxylic acids is 1. The molecule has 10 heteroatoms. The van der Waals surface area contributed by atoms with E-state index >= 15 is 0 Å². The number of rotatable bonds is 8. The highest BCUT2D eigenvalue weighted by molar-refractivity contribution is 6.30. The molecule has 7 nitrogen and oxygen atoms in total. The molecule has 3 aliphatic carbocycles. The number of carbonyl (C=O) groups is 1. The van der Waals surface area contributed by atoms with Crippen molar-refractivity contribution < 1.29 is 32.9 Å². The molecule has 2 aromatic carbocycles. The monoisotopic (exact) mass is 652 g/mol. The van der Waals surface area contributed by atoms with Crippen LogP contribution in [-0.4, -0.2) is 34.5 Å². The first kappa shape index (κ1) is 31.0.